The molecule has 84 valence electrons. The maximum absolute atomic E-state index is 10.5. The molecule has 1 atom stereocenters. The molecule has 15 heavy (non-hydrogen) atoms. The zero-order valence-corrected chi connectivity index (χ0v) is 8.79. The summed E-state index contributed by atoms with van der Waals surface area (Å²) in [5.74, 6) is -0.347. The highest BCUT2D eigenvalue weighted by Crippen LogP contribution is 2.04. The molecule has 1 aromatic heterocycles. The largest absolute Gasteiger partial charge is 0.479 e. The molecule has 0 aliphatic rings. The molecule has 0 saturated heterocycles. The summed E-state index contributed by atoms with van der Waals surface area (Å²) in [5, 5.41) is 21.7. The summed E-state index contributed by atoms with van der Waals surface area (Å²) >= 11 is 0. The Balaban J connectivity index is 2.68. The Morgan fingerprint density at radius 2 is 2.27 bits per heavy atom. The molecule has 0 bridgehead atoms. The van der Waals surface area contributed by atoms with Crippen LogP contribution in [0.2, 0.25) is 0 Å². The second-order valence-electron chi connectivity index (χ2n) is 3.81. The van der Waals surface area contributed by atoms with Gasteiger partial charge in [0, 0.05) is 13.0 Å². The Morgan fingerprint density at radius 1 is 1.60 bits per heavy atom. The predicted octanol–water partition coefficient (Wildman–Crippen LogP) is -0.0779. The Labute approximate surface area is 87.6 Å². The first-order valence-electron chi connectivity index (χ1n) is 4.78. The van der Waals surface area contributed by atoms with E-state index in [1.165, 1.54) is 6.33 Å². The van der Waals surface area contributed by atoms with Crippen molar-refractivity contribution in [2.24, 2.45) is 5.92 Å². The SMILES string of the molecule is CC(C)Cn1ncnc1CC(O)C(=O)O. The number of aliphatic carboxylic acids is 1. The van der Waals surface area contributed by atoms with E-state index < -0.39 is 12.1 Å². The van der Waals surface area contributed by atoms with E-state index in [1.54, 1.807) is 4.68 Å². The third-order valence-corrected chi connectivity index (χ3v) is 1.89. The molecule has 1 aromatic rings. The van der Waals surface area contributed by atoms with Crippen molar-refractivity contribution < 1.29 is 15.0 Å². The highest BCUT2D eigenvalue weighted by Gasteiger charge is 2.17. The van der Waals surface area contributed by atoms with Crippen molar-refractivity contribution in [3.8, 4) is 0 Å². The Kier molecular flexibility index (Phi) is 3.79. The minimum Gasteiger partial charge on any atom is -0.479 e. The van der Waals surface area contributed by atoms with Gasteiger partial charge in [-0.15, -0.1) is 0 Å². The van der Waals surface area contributed by atoms with Gasteiger partial charge in [0.15, 0.2) is 6.10 Å². The average Bonchev–Trinajstić information content (AvgIpc) is 2.51. The lowest BCUT2D eigenvalue weighted by atomic mass is 10.2. The molecule has 0 radical (unpaired) electrons. The molecule has 0 spiro atoms. The molecule has 0 saturated carbocycles. The summed E-state index contributed by atoms with van der Waals surface area (Å²) in [6.45, 7) is 4.72. The van der Waals surface area contributed by atoms with Gasteiger partial charge in [0.1, 0.15) is 12.2 Å². The highest BCUT2D eigenvalue weighted by molar-refractivity contribution is 5.72. The third-order valence-electron chi connectivity index (χ3n) is 1.89. The quantitative estimate of drug-likeness (QED) is 0.714. The lowest BCUT2D eigenvalue weighted by molar-refractivity contribution is -0.146. The van der Waals surface area contributed by atoms with E-state index >= 15 is 0 Å². The molecule has 0 fully saturated rings. The molecule has 1 rings (SSSR count). The number of carbonyl (C=O) groups is 1. The molecule has 0 amide bonds. The summed E-state index contributed by atoms with van der Waals surface area (Å²) < 4.78 is 1.62. The predicted molar refractivity (Wildman–Crippen MR) is 52.2 cm³/mol. The molecule has 0 aliphatic carbocycles. The first-order chi connectivity index (χ1) is 7.00. The Hall–Kier alpha value is -1.43. The summed E-state index contributed by atoms with van der Waals surface area (Å²) in [4.78, 5) is 14.4. The van der Waals surface area contributed by atoms with Crippen LogP contribution >= 0.6 is 0 Å². The van der Waals surface area contributed by atoms with Crippen molar-refractivity contribution in [1.82, 2.24) is 14.8 Å². The van der Waals surface area contributed by atoms with Gasteiger partial charge in [0.05, 0.1) is 0 Å². The van der Waals surface area contributed by atoms with Crippen LogP contribution < -0.4 is 0 Å². The van der Waals surface area contributed by atoms with E-state index in [0.717, 1.165) is 0 Å². The van der Waals surface area contributed by atoms with Crippen LogP contribution in [0.25, 0.3) is 0 Å². The van der Waals surface area contributed by atoms with E-state index in [2.05, 4.69) is 10.1 Å². The Morgan fingerprint density at radius 3 is 2.80 bits per heavy atom. The van der Waals surface area contributed by atoms with Crippen molar-refractivity contribution in [3.63, 3.8) is 0 Å². The van der Waals surface area contributed by atoms with Gasteiger partial charge in [-0.05, 0) is 5.92 Å². The van der Waals surface area contributed by atoms with Crippen molar-refractivity contribution in [1.29, 1.82) is 0 Å². The second-order valence-corrected chi connectivity index (χ2v) is 3.81. The van der Waals surface area contributed by atoms with Crippen LogP contribution in [0, 0.1) is 5.92 Å². The topological polar surface area (TPSA) is 88.2 Å². The molecule has 0 aliphatic heterocycles. The summed E-state index contributed by atoms with van der Waals surface area (Å²) in [5.41, 5.74) is 0. The van der Waals surface area contributed by atoms with Gasteiger partial charge in [-0.2, -0.15) is 5.10 Å². The van der Waals surface area contributed by atoms with E-state index in [-0.39, 0.29) is 6.42 Å². The van der Waals surface area contributed by atoms with Crippen LogP contribution in [0.4, 0.5) is 0 Å². The Bertz CT molecular complexity index is 335. The first kappa shape index (κ1) is 11.6. The number of hydrogen-bond acceptors (Lipinski definition) is 4. The van der Waals surface area contributed by atoms with Crippen molar-refractivity contribution in [2.45, 2.75) is 32.9 Å². The number of carboxylic acids is 1. The van der Waals surface area contributed by atoms with Crippen LogP contribution in [0.15, 0.2) is 6.33 Å². The number of hydrogen-bond donors (Lipinski definition) is 2. The number of aliphatic hydroxyl groups excluding tert-OH is 1. The number of aromatic nitrogens is 3. The average molecular weight is 213 g/mol. The van der Waals surface area contributed by atoms with Crippen molar-refractivity contribution in [3.05, 3.63) is 12.2 Å². The van der Waals surface area contributed by atoms with Crippen LogP contribution in [-0.4, -0.2) is 37.1 Å². The first-order valence-corrected chi connectivity index (χ1v) is 4.78. The number of nitrogens with zero attached hydrogens (tertiary/aromatic N) is 3. The van der Waals surface area contributed by atoms with Gasteiger partial charge in [-0.25, -0.2) is 14.5 Å². The zero-order valence-electron chi connectivity index (χ0n) is 8.79. The maximum Gasteiger partial charge on any atom is 0.332 e. The molecule has 2 N–H and O–H groups in total. The minimum atomic E-state index is -1.42. The van der Waals surface area contributed by atoms with E-state index in [0.29, 0.717) is 18.3 Å². The zero-order chi connectivity index (χ0) is 11.4. The molecular formula is C9H15N3O3. The van der Waals surface area contributed by atoms with Gasteiger partial charge < -0.3 is 10.2 Å². The van der Waals surface area contributed by atoms with Gasteiger partial charge >= 0.3 is 5.97 Å². The third kappa shape index (κ3) is 3.32. The summed E-state index contributed by atoms with van der Waals surface area (Å²) in [6.07, 6.45) is -0.0611. The van der Waals surface area contributed by atoms with Gasteiger partial charge in [-0.1, -0.05) is 13.8 Å². The highest BCUT2D eigenvalue weighted by atomic mass is 16.4. The van der Waals surface area contributed by atoms with Crippen LogP contribution in [0.3, 0.4) is 0 Å². The van der Waals surface area contributed by atoms with E-state index in [1.807, 2.05) is 13.8 Å². The van der Waals surface area contributed by atoms with Crippen LogP contribution in [-0.2, 0) is 17.8 Å². The lowest BCUT2D eigenvalue weighted by Crippen LogP contribution is -2.24. The molecule has 0 aromatic carbocycles. The summed E-state index contributed by atoms with van der Waals surface area (Å²) in [6, 6.07) is 0. The van der Waals surface area contributed by atoms with E-state index in [9.17, 15) is 9.90 Å². The van der Waals surface area contributed by atoms with Gasteiger partial charge in [0.25, 0.3) is 0 Å². The maximum atomic E-state index is 10.5. The fourth-order valence-corrected chi connectivity index (χ4v) is 1.20. The fourth-order valence-electron chi connectivity index (χ4n) is 1.20. The summed E-state index contributed by atoms with van der Waals surface area (Å²) in [7, 11) is 0. The number of carboxylic acid groups (broad SMARTS) is 1. The standard InChI is InChI=1S/C9H15N3O3/c1-6(2)4-12-8(10-5-11-12)3-7(13)9(14)15/h5-7,13H,3-4H2,1-2H3,(H,14,15). The van der Waals surface area contributed by atoms with Gasteiger partial charge in [0.2, 0.25) is 0 Å². The smallest absolute Gasteiger partial charge is 0.332 e. The number of rotatable bonds is 5. The van der Waals surface area contributed by atoms with Crippen molar-refractivity contribution in [2.75, 3.05) is 0 Å². The molecule has 6 heteroatoms. The second kappa shape index (κ2) is 4.88. The minimum absolute atomic E-state index is 0.0119. The number of aliphatic hydroxyl groups is 1. The normalized spacial score (nSPS) is 13.1. The molecular weight excluding hydrogens is 198 g/mol. The lowest BCUT2D eigenvalue weighted by Gasteiger charge is -2.09. The van der Waals surface area contributed by atoms with Crippen LogP contribution in [0.1, 0.15) is 19.7 Å². The van der Waals surface area contributed by atoms with Crippen LogP contribution in [0.5, 0.6) is 0 Å². The molecule has 1 heterocycles. The van der Waals surface area contributed by atoms with Crippen molar-refractivity contribution >= 4 is 5.97 Å². The molecule has 6 nitrogen and oxygen atoms in total. The fraction of sp³-hybridized carbons (Fsp3) is 0.667. The van der Waals surface area contributed by atoms with E-state index in [4.69, 9.17) is 5.11 Å². The van der Waals surface area contributed by atoms with Gasteiger partial charge in [-0.3, -0.25) is 0 Å². The monoisotopic (exact) mass is 213 g/mol. The molecule has 1 unspecified atom stereocenters.